The van der Waals surface area contributed by atoms with Crippen LogP contribution in [0.5, 0.6) is 0 Å². The summed E-state index contributed by atoms with van der Waals surface area (Å²) in [7, 11) is 1.71. The van der Waals surface area contributed by atoms with E-state index in [1.807, 2.05) is 6.07 Å². The van der Waals surface area contributed by atoms with Gasteiger partial charge in [-0.3, -0.25) is 0 Å². The van der Waals surface area contributed by atoms with Crippen LogP contribution in [-0.4, -0.2) is 31.5 Å². The number of rotatable bonds is 6. The van der Waals surface area contributed by atoms with E-state index in [2.05, 4.69) is 10.6 Å². The molecule has 0 fully saturated rings. The molecule has 1 rings (SSSR count). The molecular formula is C12H17N5O. The van der Waals surface area contributed by atoms with Crippen LogP contribution in [0.2, 0.25) is 0 Å². The predicted molar refractivity (Wildman–Crippen MR) is 73.2 cm³/mol. The Balaban J connectivity index is 3.24. The van der Waals surface area contributed by atoms with Crippen LogP contribution in [0.4, 0.5) is 17.1 Å². The summed E-state index contributed by atoms with van der Waals surface area (Å²) < 4.78 is 0. The second kappa shape index (κ2) is 6.47. The van der Waals surface area contributed by atoms with Gasteiger partial charge in [-0.15, -0.1) is 0 Å². The van der Waals surface area contributed by atoms with E-state index in [4.69, 9.17) is 21.5 Å². The van der Waals surface area contributed by atoms with Crippen molar-refractivity contribution in [1.29, 1.82) is 10.7 Å². The lowest BCUT2D eigenvalue weighted by molar-refractivity contribution is 0.292. The lowest BCUT2D eigenvalue weighted by Crippen LogP contribution is -2.11. The maximum Gasteiger partial charge on any atom is 0.1000 e. The van der Waals surface area contributed by atoms with Crippen molar-refractivity contribution < 1.29 is 5.11 Å². The van der Waals surface area contributed by atoms with Crippen LogP contribution in [0.1, 0.15) is 17.5 Å². The van der Waals surface area contributed by atoms with Crippen LogP contribution in [-0.2, 0) is 0 Å². The molecular weight excluding hydrogens is 230 g/mol. The Kier molecular flexibility index (Phi) is 4.96. The van der Waals surface area contributed by atoms with E-state index in [1.54, 1.807) is 13.1 Å². The number of nitrogens with zero attached hydrogens (tertiary/aromatic N) is 1. The number of aliphatic hydroxyl groups is 1. The van der Waals surface area contributed by atoms with Crippen LogP contribution >= 0.6 is 0 Å². The van der Waals surface area contributed by atoms with Crippen LogP contribution < -0.4 is 16.4 Å². The van der Waals surface area contributed by atoms with Crippen molar-refractivity contribution in [2.24, 2.45) is 0 Å². The van der Waals surface area contributed by atoms with E-state index in [-0.39, 0.29) is 6.61 Å². The third-order valence-corrected chi connectivity index (χ3v) is 2.55. The minimum absolute atomic E-state index is 0.0928. The lowest BCUT2D eigenvalue weighted by Gasteiger charge is -2.17. The van der Waals surface area contributed by atoms with Gasteiger partial charge in [0.05, 0.1) is 28.7 Å². The minimum Gasteiger partial charge on any atom is -0.397 e. The second-order valence-corrected chi connectivity index (χ2v) is 3.69. The van der Waals surface area contributed by atoms with E-state index in [0.717, 1.165) is 6.21 Å². The monoisotopic (exact) mass is 247 g/mol. The van der Waals surface area contributed by atoms with Gasteiger partial charge < -0.3 is 26.9 Å². The van der Waals surface area contributed by atoms with Crippen molar-refractivity contribution in [3.8, 4) is 6.07 Å². The van der Waals surface area contributed by atoms with Crippen molar-refractivity contribution in [2.45, 2.75) is 6.42 Å². The zero-order chi connectivity index (χ0) is 13.5. The molecule has 0 heterocycles. The summed E-state index contributed by atoms with van der Waals surface area (Å²) in [6.45, 7) is 0.661. The van der Waals surface area contributed by atoms with Gasteiger partial charge in [-0.25, -0.2) is 0 Å². The first kappa shape index (κ1) is 13.8. The molecule has 6 nitrogen and oxygen atoms in total. The number of nitriles is 1. The Morgan fingerprint density at radius 3 is 2.78 bits per heavy atom. The Morgan fingerprint density at radius 1 is 1.56 bits per heavy atom. The van der Waals surface area contributed by atoms with Gasteiger partial charge >= 0.3 is 0 Å². The lowest BCUT2D eigenvalue weighted by atomic mass is 10.0. The van der Waals surface area contributed by atoms with Crippen molar-refractivity contribution in [2.75, 3.05) is 36.6 Å². The van der Waals surface area contributed by atoms with Crippen LogP contribution in [0.15, 0.2) is 6.07 Å². The van der Waals surface area contributed by atoms with Gasteiger partial charge in [0.25, 0.3) is 0 Å². The van der Waals surface area contributed by atoms with Crippen molar-refractivity contribution >= 4 is 23.3 Å². The molecule has 0 bridgehead atoms. The van der Waals surface area contributed by atoms with E-state index >= 15 is 0 Å². The summed E-state index contributed by atoms with van der Waals surface area (Å²) in [5.41, 5.74) is 8.47. The normalized spacial score (nSPS) is 9.61. The van der Waals surface area contributed by atoms with Crippen molar-refractivity contribution in [1.82, 2.24) is 0 Å². The van der Waals surface area contributed by atoms with Crippen molar-refractivity contribution in [3.63, 3.8) is 0 Å². The van der Waals surface area contributed by atoms with Gasteiger partial charge in [-0.1, -0.05) is 0 Å². The Morgan fingerprint density at radius 2 is 2.28 bits per heavy atom. The fourth-order valence-corrected chi connectivity index (χ4v) is 1.70. The Labute approximate surface area is 106 Å². The molecule has 0 radical (unpaired) electrons. The molecule has 0 atom stereocenters. The molecule has 0 unspecified atom stereocenters. The molecule has 0 spiro atoms. The highest BCUT2D eigenvalue weighted by atomic mass is 16.3. The molecule has 1 aromatic carbocycles. The van der Waals surface area contributed by atoms with Gasteiger partial charge in [0, 0.05) is 32.0 Å². The minimum atomic E-state index is 0.0928. The van der Waals surface area contributed by atoms with Gasteiger partial charge in [0.2, 0.25) is 0 Å². The van der Waals surface area contributed by atoms with Crippen LogP contribution in [0.25, 0.3) is 0 Å². The maximum absolute atomic E-state index is 9.01. The molecule has 0 saturated carbocycles. The highest BCUT2D eigenvalue weighted by Crippen LogP contribution is 2.33. The summed E-state index contributed by atoms with van der Waals surface area (Å²) in [4.78, 5) is 0. The number of benzene rings is 1. The third-order valence-electron chi connectivity index (χ3n) is 2.55. The number of hydrogen-bond donors (Lipinski definition) is 5. The maximum atomic E-state index is 9.01. The molecule has 0 amide bonds. The average molecular weight is 247 g/mol. The quantitative estimate of drug-likeness (QED) is 0.292. The van der Waals surface area contributed by atoms with E-state index < -0.39 is 0 Å². The zero-order valence-corrected chi connectivity index (χ0v) is 10.2. The standard InChI is InChI=1S/C12H17N5O/c1-16-11-9(7-14)8(6-13)5-10(15)12(11)17-3-2-4-18/h5,7,14,16-18H,2-4,15H2,1H3. The molecule has 1 aromatic rings. The zero-order valence-electron chi connectivity index (χ0n) is 10.2. The van der Waals surface area contributed by atoms with E-state index in [0.29, 0.717) is 41.2 Å². The summed E-state index contributed by atoms with van der Waals surface area (Å²) in [6.07, 6.45) is 1.73. The van der Waals surface area contributed by atoms with Crippen molar-refractivity contribution in [3.05, 3.63) is 17.2 Å². The van der Waals surface area contributed by atoms with Gasteiger partial charge in [-0.2, -0.15) is 5.26 Å². The number of aliphatic hydroxyl groups excluding tert-OH is 1. The predicted octanol–water partition coefficient (Wildman–Crippen LogP) is 0.974. The molecule has 0 aliphatic carbocycles. The number of hydrogen-bond acceptors (Lipinski definition) is 6. The smallest absolute Gasteiger partial charge is 0.1000 e. The number of nitrogen functional groups attached to an aromatic ring is 1. The van der Waals surface area contributed by atoms with Crippen LogP contribution in [0.3, 0.4) is 0 Å². The topological polar surface area (TPSA) is 118 Å². The molecule has 0 saturated heterocycles. The van der Waals surface area contributed by atoms with E-state index in [9.17, 15) is 0 Å². The van der Waals surface area contributed by atoms with Gasteiger partial charge in [-0.05, 0) is 12.5 Å². The fraction of sp³-hybridized carbons (Fsp3) is 0.333. The van der Waals surface area contributed by atoms with Gasteiger partial charge in [0.15, 0.2) is 0 Å². The largest absolute Gasteiger partial charge is 0.397 e. The van der Waals surface area contributed by atoms with Crippen LogP contribution in [0, 0.1) is 16.7 Å². The molecule has 6 N–H and O–H groups in total. The fourth-order valence-electron chi connectivity index (χ4n) is 1.70. The van der Waals surface area contributed by atoms with Gasteiger partial charge in [0.1, 0.15) is 0 Å². The highest BCUT2D eigenvalue weighted by Gasteiger charge is 2.14. The first-order chi connectivity index (χ1) is 8.69. The summed E-state index contributed by atoms with van der Waals surface area (Å²) in [6, 6.07) is 3.56. The molecule has 96 valence electrons. The highest BCUT2D eigenvalue weighted by molar-refractivity contribution is 5.98. The SMILES string of the molecule is CNc1c(C=N)c(C#N)cc(N)c1NCCCO. The summed E-state index contributed by atoms with van der Waals surface area (Å²) in [5, 5.41) is 31.2. The Bertz CT molecular complexity index is 478. The summed E-state index contributed by atoms with van der Waals surface area (Å²) >= 11 is 0. The molecule has 18 heavy (non-hydrogen) atoms. The second-order valence-electron chi connectivity index (χ2n) is 3.69. The average Bonchev–Trinajstić information content (AvgIpc) is 2.39. The summed E-state index contributed by atoms with van der Waals surface area (Å²) in [5.74, 6) is 0. The molecule has 6 heteroatoms. The first-order valence-corrected chi connectivity index (χ1v) is 5.59. The molecule has 0 aliphatic heterocycles. The number of anilines is 3. The van der Waals surface area contributed by atoms with E-state index in [1.165, 1.54) is 0 Å². The Hall–Kier alpha value is -2.26. The molecule has 0 aliphatic rings. The first-order valence-electron chi connectivity index (χ1n) is 5.59. The third kappa shape index (κ3) is 2.70. The molecule has 0 aromatic heterocycles. The number of nitrogens with two attached hydrogens (primary N) is 1. The number of nitrogens with one attached hydrogen (secondary N) is 3.